The van der Waals surface area contributed by atoms with E-state index in [-0.39, 0.29) is 24.7 Å². The Kier molecular flexibility index (Phi) is 5.32. The lowest BCUT2D eigenvalue weighted by molar-refractivity contribution is -0.0195. The van der Waals surface area contributed by atoms with Gasteiger partial charge >= 0.3 is 0 Å². The lowest BCUT2D eigenvalue weighted by Crippen LogP contribution is -2.16. The Bertz CT molecular complexity index is 1190. The number of benzene rings is 3. The third-order valence-corrected chi connectivity index (χ3v) is 5.77. The smallest absolute Gasteiger partial charge is 0.206 e. The fraction of sp³-hybridized carbons (Fsp3) is 0.240. The average molecular weight is 415 g/mol. The van der Waals surface area contributed by atoms with Crippen molar-refractivity contribution >= 4 is 17.0 Å². The van der Waals surface area contributed by atoms with Crippen LogP contribution >= 0.6 is 0 Å². The Morgan fingerprint density at radius 3 is 2.58 bits per heavy atom. The van der Waals surface area contributed by atoms with Crippen molar-refractivity contribution in [3.8, 4) is 16.9 Å². The molecule has 5 rings (SSSR count). The summed E-state index contributed by atoms with van der Waals surface area (Å²) in [6.07, 6.45) is 1.34. The highest BCUT2D eigenvalue weighted by Crippen LogP contribution is 2.35. The molecule has 6 nitrogen and oxygen atoms in total. The van der Waals surface area contributed by atoms with Crippen LogP contribution in [0.25, 0.3) is 22.2 Å². The lowest BCUT2D eigenvalue weighted by atomic mass is 10.0. The van der Waals surface area contributed by atoms with Crippen LogP contribution in [0.4, 0.5) is 5.95 Å². The molecule has 0 bridgehead atoms. The summed E-state index contributed by atoms with van der Waals surface area (Å²) in [5.74, 6) is 0.973. The molecule has 0 radical (unpaired) electrons. The summed E-state index contributed by atoms with van der Waals surface area (Å²) in [6, 6.07) is 23.6. The van der Waals surface area contributed by atoms with E-state index in [0.717, 1.165) is 46.5 Å². The molecule has 3 aromatic carbocycles. The van der Waals surface area contributed by atoms with Gasteiger partial charge in [-0.2, -0.15) is 0 Å². The van der Waals surface area contributed by atoms with Crippen LogP contribution in [0.5, 0.6) is 5.75 Å². The molecule has 3 N–H and O–H groups in total. The van der Waals surface area contributed by atoms with Crippen molar-refractivity contribution in [3.05, 3.63) is 78.4 Å². The molecule has 0 saturated carbocycles. The number of phenols is 1. The van der Waals surface area contributed by atoms with Crippen LogP contribution in [0.3, 0.4) is 0 Å². The number of fused-ring (bicyclic) bond motifs is 1. The van der Waals surface area contributed by atoms with E-state index in [1.807, 2.05) is 66.7 Å². The Morgan fingerprint density at radius 2 is 1.81 bits per heavy atom. The molecule has 6 heteroatoms. The highest BCUT2D eigenvalue weighted by Gasteiger charge is 2.29. The molecule has 2 atom stereocenters. The van der Waals surface area contributed by atoms with Crippen LogP contribution in [0.15, 0.2) is 72.8 Å². The van der Waals surface area contributed by atoms with Crippen LogP contribution in [0.2, 0.25) is 0 Å². The molecule has 4 aromatic rings. The van der Waals surface area contributed by atoms with Gasteiger partial charge < -0.3 is 20.3 Å². The van der Waals surface area contributed by atoms with Gasteiger partial charge in [-0.15, -0.1) is 0 Å². The van der Waals surface area contributed by atoms with E-state index in [1.54, 1.807) is 6.07 Å². The van der Waals surface area contributed by atoms with Crippen LogP contribution in [-0.2, 0) is 11.3 Å². The van der Waals surface area contributed by atoms with Gasteiger partial charge in [0.25, 0.3) is 0 Å². The van der Waals surface area contributed by atoms with E-state index in [1.165, 1.54) is 0 Å². The first-order valence-electron chi connectivity index (χ1n) is 10.6. The molecule has 31 heavy (non-hydrogen) atoms. The number of ether oxygens (including phenoxy) is 1. The summed E-state index contributed by atoms with van der Waals surface area (Å²) in [6.45, 7) is 0.543. The number of aliphatic hydroxyl groups excluding tert-OH is 1. The van der Waals surface area contributed by atoms with Crippen LogP contribution < -0.4 is 5.32 Å². The van der Waals surface area contributed by atoms with Crippen molar-refractivity contribution in [2.24, 2.45) is 0 Å². The van der Waals surface area contributed by atoms with Crippen molar-refractivity contribution in [2.75, 3.05) is 11.9 Å². The minimum absolute atomic E-state index is 0.0267. The fourth-order valence-corrected chi connectivity index (χ4v) is 4.20. The highest BCUT2D eigenvalue weighted by molar-refractivity contribution is 5.79. The van der Waals surface area contributed by atoms with Gasteiger partial charge in [0, 0.05) is 12.1 Å². The van der Waals surface area contributed by atoms with E-state index >= 15 is 0 Å². The Balaban J connectivity index is 1.40. The van der Waals surface area contributed by atoms with Gasteiger partial charge in [0.15, 0.2) is 0 Å². The van der Waals surface area contributed by atoms with Crippen LogP contribution in [0, 0.1) is 0 Å². The Labute approximate surface area is 180 Å². The normalized spacial score (nSPS) is 18.5. The van der Waals surface area contributed by atoms with Gasteiger partial charge in [-0.3, -0.25) is 4.57 Å². The largest absolute Gasteiger partial charge is 0.507 e. The molecule has 0 spiro atoms. The van der Waals surface area contributed by atoms with Gasteiger partial charge in [-0.05, 0) is 42.2 Å². The van der Waals surface area contributed by atoms with Crippen molar-refractivity contribution < 1.29 is 14.9 Å². The minimum atomic E-state index is -0.166. The first-order valence-corrected chi connectivity index (χ1v) is 10.6. The zero-order chi connectivity index (χ0) is 21.2. The van der Waals surface area contributed by atoms with Crippen molar-refractivity contribution in [2.45, 2.75) is 31.7 Å². The second-order valence-corrected chi connectivity index (χ2v) is 7.84. The fourth-order valence-electron chi connectivity index (χ4n) is 4.20. The summed E-state index contributed by atoms with van der Waals surface area (Å²) in [7, 11) is 0. The highest BCUT2D eigenvalue weighted by atomic mass is 16.5. The molecule has 1 fully saturated rings. The molecule has 1 saturated heterocycles. The first kappa shape index (κ1) is 19.6. The maximum Gasteiger partial charge on any atom is 0.206 e. The van der Waals surface area contributed by atoms with Crippen molar-refractivity contribution in [1.29, 1.82) is 0 Å². The third kappa shape index (κ3) is 3.87. The number of para-hydroxylation sites is 2. The third-order valence-electron chi connectivity index (χ3n) is 5.77. The number of nitrogens with zero attached hydrogens (tertiary/aromatic N) is 2. The van der Waals surface area contributed by atoms with E-state index in [0.29, 0.717) is 6.54 Å². The van der Waals surface area contributed by atoms with E-state index in [9.17, 15) is 10.2 Å². The predicted molar refractivity (Wildman–Crippen MR) is 121 cm³/mol. The Hall–Kier alpha value is -3.35. The number of hydrogen-bond acceptors (Lipinski definition) is 5. The molecule has 1 aliphatic rings. The second-order valence-electron chi connectivity index (χ2n) is 7.84. The average Bonchev–Trinajstić information content (AvgIpc) is 3.42. The molecule has 0 aliphatic carbocycles. The van der Waals surface area contributed by atoms with E-state index in [2.05, 4.69) is 9.88 Å². The van der Waals surface area contributed by atoms with Gasteiger partial charge in [0.1, 0.15) is 12.0 Å². The summed E-state index contributed by atoms with van der Waals surface area (Å²) in [5.41, 5.74) is 4.64. The number of anilines is 1. The zero-order valence-electron chi connectivity index (χ0n) is 17.1. The molecule has 158 valence electrons. The molecule has 1 aliphatic heterocycles. The van der Waals surface area contributed by atoms with Crippen LogP contribution in [0.1, 0.15) is 24.6 Å². The van der Waals surface area contributed by atoms with Crippen molar-refractivity contribution in [3.63, 3.8) is 0 Å². The zero-order valence-corrected chi connectivity index (χ0v) is 17.1. The SMILES string of the molecule is OC[C@@H]1CC[C@H](n2c(NCc3ccc(-c4ccccc4)c(O)c3)nc3ccccc32)O1. The molecule has 0 amide bonds. The number of aromatic hydroxyl groups is 1. The van der Waals surface area contributed by atoms with E-state index in [4.69, 9.17) is 9.72 Å². The summed E-state index contributed by atoms with van der Waals surface area (Å²) >= 11 is 0. The van der Waals surface area contributed by atoms with Gasteiger partial charge in [-0.25, -0.2) is 4.98 Å². The lowest BCUT2D eigenvalue weighted by Gasteiger charge is -2.18. The number of aromatic nitrogens is 2. The number of phenolic OH excluding ortho intramolecular Hbond substituents is 1. The summed E-state index contributed by atoms with van der Waals surface area (Å²) in [5, 5.41) is 23.4. The predicted octanol–water partition coefficient (Wildman–Crippen LogP) is 4.69. The second kappa shape index (κ2) is 8.41. The quantitative estimate of drug-likeness (QED) is 0.426. The number of nitrogens with one attached hydrogen (secondary N) is 1. The first-order chi connectivity index (χ1) is 15.2. The minimum Gasteiger partial charge on any atom is -0.507 e. The van der Waals surface area contributed by atoms with Gasteiger partial charge in [0.2, 0.25) is 5.95 Å². The van der Waals surface area contributed by atoms with Gasteiger partial charge in [0.05, 0.1) is 23.7 Å². The topological polar surface area (TPSA) is 79.5 Å². The summed E-state index contributed by atoms with van der Waals surface area (Å²) in [4.78, 5) is 4.76. The van der Waals surface area contributed by atoms with Gasteiger partial charge in [-0.1, -0.05) is 54.6 Å². The number of hydrogen-bond donors (Lipinski definition) is 3. The van der Waals surface area contributed by atoms with E-state index < -0.39 is 0 Å². The molecule has 1 aromatic heterocycles. The van der Waals surface area contributed by atoms with Crippen LogP contribution in [-0.4, -0.2) is 32.5 Å². The maximum atomic E-state index is 10.5. The number of rotatable bonds is 6. The molecule has 0 unspecified atom stereocenters. The van der Waals surface area contributed by atoms with Crippen molar-refractivity contribution in [1.82, 2.24) is 9.55 Å². The number of imidazole rings is 1. The number of aliphatic hydroxyl groups is 1. The molecule has 2 heterocycles. The monoisotopic (exact) mass is 415 g/mol. The maximum absolute atomic E-state index is 10.5. The summed E-state index contributed by atoms with van der Waals surface area (Å²) < 4.78 is 8.11. The Morgan fingerprint density at radius 1 is 1.00 bits per heavy atom. The molecular weight excluding hydrogens is 390 g/mol. The standard InChI is InChI=1S/C25H25N3O3/c29-16-19-11-13-24(31-19)28-22-9-5-4-8-21(22)27-25(28)26-15-17-10-12-20(23(30)14-17)18-6-2-1-3-7-18/h1-10,12,14,19,24,29-30H,11,13,15-16H2,(H,26,27)/t19-,24+/m0/s1. The molecular formula is C25H25N3O3.